The van der Waals surface area contributed by atoms with Crippen LogP contribution in [0.2, 0.25) is 5.02 Å². The van der Waals surface area contributed by atoms with Crippen LogP contribution in [0.1, 0.15) is 36.1 Å². The molecule has 11 nitrogen and oxygen atoms in total. The minimum absolute atomic E-state index is 0.0563. The number of halogens is 6. The number of hydrogen-bond donors (Lipinski definition) is 1. The molecule has 17 heteroatoms. The summed E-state index contributed by atoms with van der Waals surface area (Å²) in [7, 11) is 0. The number of pyridine rings is 1. The van der Waals surface area contributed by atoms with E-state index in [0.29, 0.717) is 16.2 Å². The first-order valence-corrected chi connectivity index (χ1v) is 12.3. The van der Waals surface area contributed by atoms with Crippen LogP contribution in [-0.2, 0) is 4.74 Å². The molecule has 4 heterocycles. The maximum Gasteiger partial charge on any atom is 0.345 e. The van der Waals surface area contributed by atoms with Crippen molar-refractivity contribution in [3.05, 3.63) is 88.6 Å². The molecule has 41 heavy (non-hydrogen) atoms. The summed E-state index contributed by atoms with van der Waals surface area (Å²) in [5.41, 5.74) is -0.0428. The Kier molecular flexibility index (Phi) is 7.94. The molecule has 4 aromatic heterocycles. The van der Waals surface area contributed by atoms with Crippen LogP contribution < -0.4 is 9.41 Å². The quantitative estimate of drug-likeness (QED) is 0.148. The first-order valence-electron chi connectivity index (χ1n) is 11.9. The van der Waals surface area contributed by atoms with Crippen LogP contribution in [0.4, 0.5) is 22.0 Å². The minimum Gasteiger partial charge on any atom is -0.618 e. The van der Waals surface area contributed by atoms with Gasteiger partial charge in [-0.15, -0.1) is 4.68 Å². The Morgan fingerprint density at radius 1 is 1.15 bits per heavy atom. The van der Waals surface area contributed by atoms with Gasteiger partial charge in [0.05, 0.1) is 35.2 Å². The first kappa shape index (κ1) is 28.1. The molecule has 5 rings (SSSR count). The lowest BCUT2D eigenvalue weighted by Gasteiger charge is -2.18. The van der Waals surface area contributed by atoms with E-state index in [1.54, 1.807) is 13.1 Å². The molecule has 0 amide bonds. The van der Waals surface area contributed by atoms with E-state index >= 15 is 4.39 Å². The lowest BCUT2D eigenvalue weighted by atomic mass is 10.0. The third-order valence-corrected chi connectivity index (χ3v) is 6.38. The zero-order valence-corrected chi connectivity index (χ0v) is 21.8. The summed E-state index contributed by atoms with van der Waals surface area (Å²) < 4.78 is 75.7. The van der Waals surface area contributed by atoms with E-state index in [9.17, 15) is 22.8 Å². The highest BCUT2D eigenvalue weighted by Crippen LogP contribution is 2.32. The number of ether oxygens (including phenoxy) is 1. The third kappa shape index (κ3) is 5.88. The van der Waals surface area contributed by atoms with Gasteiger partial charge in [-0.25, -0.2) is 22.8 Å². The van der Waals surface area contributed by atoms with Crippen molar-refractivity contribution in [2.24, 2.45) is 0 Å². The number of nitrogens with zero attached hydrogens (tertiary/aromatic N) is 8. The Morgan fingerprint density at radius 2 is 1.95 bits per heavy atom. The summed E-state index contributed by atoms with van der Waals surface area (Å²) >= 11 is 6.00. The summed E-state index contributed by atoms with van der Waals surface area (Å²) in [5, 5.41) is 27.4. The topological polar surface area (TPSA) is 117 Å². The Balaban J connectivity index is 1.54. The highest BCUT2D eigenvalue weighted by molar-refractivity contribution is 6.31. The van der Waals surface area contributed by atoms with Crippen molar-refractivity contribution in [2.45, 2.75) is 32.4 Å². The van der Waals surface area contributed by atoms with Crippen molar-refractivity contribution < 1.29 is 36.1 Å². The van der Waals surface area contributed by atoms with Crippen molar-refractivity contribution in [3.8, 4) is 22.5 Å². The fourth-order valence-electron chi connectivity index (χ4n) is 4.22. The van der Waals surface area contributed by atoms with Gasteiger partial charge in [-0.2, -0.15) is 23.7 Å². The van der Waals surface area contributed by atoms with Crippen molar-refractivity contribution in [1.29, 1.82) is 0 Å². The molecule has 0 unspecified atom stereocenters. The molecule has 0 bridgehead atoms. The fraction of sp³-hybridized carbons (Fsp3) is 0.250. The molecule has 1 N–H and O–H groups in total. The predicted octanol–water partition coefficient (Wildman–Crippen LogP) is 4.02. The Hall–Kier alpha value is -4.44. The highest BCUT2D eigenvalue weighted by atomic mass is 35.5. The van der Waals surface area contributed by atoms with E-state index in [1.165, 1.54) is 46.2 Å². The molecule has 0 aliphatic rings. The second kappa shape index (κ2) is 11.6. The van der Waals surface area contributed by atoms with Gasteiger partial charge in [-0.3, -0.25) is 4.68 Å². The van der Waals surface area contributed by atoms with Gasteiger partial charge in [0.2, 0.25) is 5.69 Å². The third-order valence-electron chi connectivity index (χ3n) is 6.09. The van der Waals surface area contributed by atoms with E-state index in [0.717, 1.165) is 17.1 Å². The molecule has 0 saturated carbocycles. The van der Waals surface area contributed by atoms with Crippen LogP contribution in [0.3, 0.4) is 0 Å². The first-order chi connectivity index (χ1) is 19.6. The monoisotopic (exact) mass is 596 g/mol. The molecule has 0 aliphatic carbocycles. The van der Waals surface area contributed by atoms with Crippen LogP contribution in [0, 0.1) is 17.9 Å². The maximum absolute atomic E-state index is 15.3. The largest absolute Gasteiger partial charge is 0.618 e. The van der Waals surface area contributed by atoms with E-state index in [-0.39, 0.29) is 34.0 Å². The van der Waals surface area contributed by atoms with Crippen molar-refractivity contribution in [1.82, 2.24) is 34.9 Å². The standard InChI is InChI=1S/C24H19ClF5N9O2/c1-13-31-12-38(34-13)15-8-32-36(10-15)18(6-7-41-24(29)30)19-4-2-14(9-39(19)40)21-20(5-3-16(25)22(21)26)37-11-17(23(27)28)33-35-37/h2-5,8-12,18,23-24H,6-7H2,1H3/p+1/t18-/m1/s1. The molecule has 0 aliphatic heterocycles. The Morgan fingerprint density at radius 3 is 2.61 bits per heavy atom. The average molecular weight is 597 g/mol. The van der Waals surface area contributed by atoms with Crippen molar-refractivity contribution in [2.75, 3.05) is 6.61 Å². The smallest absolute Gasteiger partial charge is 0.345 e. The average Bonchev–Trinajstić information content (AvgIpc) is 3.69. The van der Waals surface area contributed by atoms with E-state index < -0.39 is 37.2 Å². The van der Waals surface area contributed by atoms with Crippen molar-refractivity contribution in [3.63, 3.8) is 0 Å². The molecule has 0 radical (unpaired) electrons. The SMILES string of the molecule is Cc1ncn(-c2cnn([C@H](CCOC(F)F)c3ccc(-c4c(-[n+]5cc(C(F)F)n[nH]5)ccc(Cl)c4F)c[n+]3[O-])c2)n1. The number of benzene rings is 1. The zero-order chi connectivity index (χ0) is 29.3. The molecule has 214 valence electrons. The van der Waals surface area contributed by atoms with Crippen LogP contribution >= 0.6 is 11.6 Å². The van der Waals surface area contributed by atoms with Gasteiger partial charge in [0.15, 0.2) is 23.9 Å². The van der Waals surface area contributed by atoms with Crippen LogP contribution in [0.15, 0.2) is 55.4 Å². The zero-order valence-electron chi connectivity index (χ0n) is 21.0. The van der Waals surface area contributed by atoms with Gasteiger partial charge < -0.3 is 9.94 Å². The van der Waals surface area contributed by atoms with Gasteiger partial charge in [0, 0.05) is 17.6 Å². The van der Waals surface area contributed by atoms with E-state index in [4.69, 9.17) is 11.6 Å². The molecule has 5 aromatic rings. The molecular formula is C24H20ClF5N9O2+. The maximum atomic E-state index is 15.3. The highest BCUT2D eigenvalue weighted by Gasteiger charge is 2.28. The number of hydrogen-bond acceptors (Lipinski definition) is 6. The van der Waals surface area contributed by atoms with Gasteiger partial charge >= 0.3 is 13.0 Å². The van der Waals surface area contributed by atoms with Crippen LogP contribution in [0.25, 0.3) is 22.5 Å². The molecule has 1 atom stereocenters. The predicted molar refractivity (Wildman–Crippen MR) is 131 cm³/mol. The Bertz CT molecular complexity index is 1670. The lowest BCUT2D eigenvalue weighted by Crippen LogP contribution is -2.36. The van der Waals surface area contributed by atoms with E-state index in [1.807, 2.05) is 0 Å². The number of aromatic nitrogens is 9. The molecule has 1 aromatic carbocycles. The summed E-state index contributed by atoms with van der Waals surface area (Å²) in [6, 6.07) is 4.52. The fourth-order valence-corrected chi connectivity index (χ4v) is 4.37. The number of nitrogens with one attached hydrogen (secondary N) is 1. The van der Waals surface area contributed by atoms with Crippen LogP contribution in [-0.4, -0.2) is 48.1 Å². The molecule has 0 saturated heterocycles. The van der Waals surface area contributed by atoms with Gasteiger partial charge in [-0.1, -0.05) is 16.8 Å². The summed E-state index contributed by atoms with van der Waals surface area (Å²) in [5.74, 6) is -0.390. The van der Waals surface area contributed by atoms with Gasteiger partial charge in [-0.05, 0) is 25.1 Å². The number of rotatable bonds is 10. The van der Waals surface area contributed by atoms with Crippen LogP contribution in [0.5, 0.6) is 0 Å². The molecule has 0 spiro atoms. The second-order valence-corrected chi connectivity index (χ2v) is 9.12. The normalized spacial score (nSPS) is 12.5. The molecular weight excluding hydrogens is 577 g/mol. The second-order valence-electron chi connectivity index (χ2n) is 8.71. The number of alkyl halides is 4. The van der Waals surface area contributed by atoms with Gasteiger partial charge in [0.25, 0.3) is 5.69 Å². The lowest BCUT2D eigenvalue weighted by molar-refractivity contribution is -0.659. The number of H-pyrrole nitrogens is 1. The van der Waals surface area contributed by atoms with Gasteiger partial charge in [0.1, 0.15) is 23.9 Å². The summed E-state index contributed by atoms with van der Waals surface area (Å²) in [6.07, 6.45) is 3.58. The van der Waals surface area contributed by atoms with Crippen molar-refractivity contribution >= 4 is 11.6 Å². The Labute approximate surface area is 233 Å². The minimum atomic E-state index is -3.02. The summed E-state index contributed by atoms with van der Waals surface area (Å²) in [6.45, 7) is -1.72. The van der Waals surface area contributed by atoms with E-state index in [2.05, 4.69) is 30.2 Å². The number of aryl methyl sites for hydroxylation is 1. The summed E-state index contributed by atoms with van der Waals surface area (Å²) in [4.78, 5) is 4.05. The number of aromatic amines is 1. The molecule has 0 fully saturated rings.